The third-order valence-corrected chi connectivity index (χ3v) is 3.70. The average molecular weight is 267 g/mol. The molecule has 0 aromatic rings. The highest BCUT2D eigenvalue weighted by molar-refractivity contribution is 14.1. The molecule has 0 spiro atoms. The maximum absolute atomic E-state index is 11.2. The van der Waals surface area contributed by atoms with Crippen LogP contribution in [0.2, 0.25) is 0 Å². The fraction of sp³-hybridized carbons (Fsp3) is 0.750. The summed E-state index contributed by atoms with van der Waals surface area (Å²) in [7, 11) is 1.73. The molecular formula is C8H14INO. The van der Waals surface area contributed by atoms with Gasteiger partial charge in [0.2, 0.25) is 0 Å². The summed E-state index contributed by atoms with van der Waals surface area (Å²) in [6.45, 7) is 5.46. The van der Waals surface area contributed by atoms with Gasteiger partial charge in [-0.2, -0.15) is 0 Å². The number of aliphatic imine (C=N–C) groups is 1. The van der Waals surface area contributed by atoms with Crippen LogP contribution in [0.15, 0.2) is 4.99 Å². The molecule has 11 heavy (non-hydrogen) atoms. The van der Waals surface area contributed by atoms with Crippen LogP contribution in [0, 0.1) is 5.41 Å². The van der Waals surface area contributed by atoms with Crippen molar-refractivity contribution in [2.24, 2.45) is 10.4 Å². The zero-order valence-electron chi connectivity index (χ0n) is 7.44. The van der Waals surface area contributed by atoms with E-state index >= 15 is 0 Å². The fourth-order valence-electron chi connectivity index (χ4n) is 0.692. The van der Waals surface area contributed by atoms with E-state index in [-0.39, 0.29) is 11.2 Å². The van der Waals surface area contributed by atoms with Gasteiger partial charge in [0.15, 0.2) is 0 Å². The highest BCUT2D eigenvalue weighted by atomic mass is 127. The van der Waals surface area contributed by atoms with Gasteiger partial charge < -0.3 is 0 Å². The zero-order chi connectivity index (χ0) is 9.07. The first-order valence-corrected chi connectivity index (χ1v) is 5.02. The van der Waals surface area contributed by atoms with E-state index in [2.05, 4.69) is 27.6 Å². The lowest BCUT2D eigenvalue weighted by atomic mass is 9.84. The molecule has 0 aromatic heterocycles. The Bertz CT molecular complexity index is 189. The summed E-state index contributed by atoms with van der Waals surface area (Å²) in [6, 6.07) is 0. The maximum atomic E-state index is 11.2. The van der Waals surface area contributed by atoms with Crippen molar-refractivity contribution < 1.29 is 4.79 Å². The highest BCUT2D eigenvalue weighted by Crippen LogP contribution is 2.22. The quantitative estimate of drug-likeness (QED) is 0.437. The number of hydrogen-bond donors (Lipinski definition) is 0. The van der Waals surface area contributed by atoms with Crippen LogP contribution in [0.25, 0.3) is 0 Å². The smallest absolute Gasteiger partial charge is 0.142 e. The summed E-state index contributed by atoms with van der Waals surface area (Å²) < 4.78 is 0.795. The molecule has 2 nitrogen and oxygen atoms in total. The molecule has 64 valence electrons. The Kier molecular flexibility index (Phi) is 4.21. The lowest BCUT2D eigenvalue weighted by Gasteiger charge is -2.23. The second-order valence-electron chi connectivity index (χ2n) is 2.83. The van der Waals surface area contributed by atoms with Crippen molar-refractivity contribution in [1.82, 2.24) is 0 Å². The van der Waals surface area contributed by atoms with Gasteiger partial charge in [0.25, 0.3) is 0 Å². The summed E-state index contributed by atoms with van der Waals surface area (Å²) in [6.07, 6.45) is 0. The van der Waals surface area contributed by atoms with E-state index in [0.29, 0.717) is 0 Å². The molecule has 0 saturated carbocycles. The van der Waals surface area contributed by atoms with Crippen LogP contribution in [0.4, 0.5) is 0 Å². The largest absolute Gasteiger partial charge is 0.299 e. The number of Topliss-reactive ketones (excluding diaryl/α,β-unsaturated/α-hetero) is 1. The van der Waals surface area contributed by atoms with Gasteiger partial charge in [-0.1, -0.05) is 22.6 Å². The Labute approximate surface area is 81.6 Å². The van der Waals surface area contributed by atoms with Crippen molar-refractivity contribution >= 4 is 34.1 Å². The average Bonchev–Trinajstić information content (AvgIpc) is 2.01. The minimum Gasteiger partial charge on any atom is -0.299 e. The zero-order valence-corrected chi connectivity index (χ0v) is 9.60. The fourth-order valence-corrected chi connectivity index (χ4v) is 1.78. The van der Waals surface area contributed by atoms with Crippen LogP contribution in [-0.4, -0.2) is 23.0 Å². The Balaban J connectivity index is 4.75. The number of alkyl halides is 1. The van der Waals surface area contributed by atoms with Crippen molar-refractivity contribution in [3.63, 3.8) is 0 Å². The molecule has 0 saturated heterocycles. The van der Waals surface area contributed by atoms with E-state index in [1.165, 1.54) is 0 Å². The maximum Gasteiger partial charge on any atom is 0.142 e. The van der Waals surface area contributed by atoms with Crippen molar-refractivity contribution in [3.8, 4) is 0 Å². The Hall–Kier alpha value is 0.0700. The van der Waals surface area contributed by atoms with E-state index in [0.717, 1.165) is 10.1 Å². The van der Waals surface area contributed by atoms with E-state index in [1.54, 1.807) is 14.0 Å². The Morgan fingerprint density at radius 3 is 2.09 bits per heavy atom. The molecule has 0 aliphatic rings. The molecule has 0 aromatic carbocycles. The minimum absolute atomic E-state index is 0.190. The number of hydrogen-bond acceptors (Lipinski definition) is 2. The molecule has 3 heteroatoms. The van der Waals surface area contributed by atoms with E-state index in [4.69, 9.17) is 0 Å². The number of carbonyl (C=O) groups is 1. The van der Waals surface area contributed by atoms with Gasteiger partial charge in [0.1, 0.15) is 5.78 Å². The Morgan fingerprint density at radius 2 is 2.00 bits per heavy atom. The molecule has 1 atom stereocenters. The highest BCUT2D eigenvalue weighted by Gasteiger charge is 2.31. The minimum atomic E-state index is -0.352. The van der Waals surface area contributed by atoms with E-state index in [1.807, 2.05) is 13.8 Å². The molecule has 0 rings (SSSR count). The van der Waals surface area contributed by atoms with Crippen LogP contribution >= 0.6 is 22.6 Å². The molecule has 1 unspecified atom stereocenters. The van der Waals surface area contributed by atoms with E-state index < -0.39 is 0 Å². The lowest BCUT2D eigenvalue weighted by Crippen LogP contribution is -2.34. The van der Waals surface area contributed by atoms with Crippen molar-refractivity contribution in [2.45, 2.75) is 20.8 Å². The third kappa shape index (κ3) is 2.25. The lowest BCUT2D eigenvalue weighted by molar-refractivity contribution is -0.121. The predicted octanol–water partition coefficient (Wildman–Crippen LogP) is 2.11. The number of nitrogens with zero attached hydrogens (tertiary/aromatic N) is 1. The molecule has 0 amide bonds. The second kappa shape index (κ2) is 4.18. The van der Waals surface area contributed by atoms with Gasteiger partial charge in [-0.05, 0) is 20.8 Å². The van der Waals surface area contributed by atoms with Crippen LogP contribution in [-0.2, 0) is 4.79 Å². The number of rotatable bonds is 3. The van der Waals surface area contributed by atoms with Crippen LogP contribution in [0.5, 0.6) is 0 Å². The first-order chi connectivity index (χ1) is 4.99. The van der Waals surface area contributed by atoms with Gasteiger partial charge in [-0.15, -0.1) is 0 Å². The van der Waals surface area contributed by atoms with Crippen LogP contribution in [0.3, 0.4) is 0 Å². The standard InChI is InChI=1S/C8H14INO/c1-6(10-4)8(3,5-9)7(2)11/h5H2,1-4H3. The monoisotopic (exact) mass is 267 g/mol. The second-order valence-corrected chi connectivity index (χ2v) is 3.59. The van der Waals surface area contributed by atoms with Crippen molar-refractivity contribution in [2.75, 3.05) is 11.5 Å². The molecule has 0 N–H and O–H groups in total. The van der Waals surface area contributed by atoms with E-state index in [9.17, 15) is 4.79 Å². The van der Waals surface area contributed by atoms with Gasteiger partial charge in [-0.3, -0.25) is 9.79 Å². The summed E-state index contributed by atoms with van der Waals surface area (Å²) in [4.78, 5) is 15.3. The molecule has 0 aliphatic heterocycles. The number of ketones is 1. The SMILES string of the molecule is CN=C(C)C(C)(CI)C(C)=O. The van der Waals surface area contributed by atoms with Gasteiger partial charge in [0.05, 0.1) is 5.41 Å². The van der Waals surface area contributed by atoms with Gasteiger partial charge >= 0.3 is 0 Å². The molecule has 0 bridgehead atoms. The van der Waals surface area contributed by atoms with Crippen molar-refractivity contribution in [1.29, 1.82) is 0 Å². The topological polar surface area (TPSA) is 29.4 Å². The van der Waals surface area contributed by atoms with Crippen LogP contribution in [0.1, 0.15) is 20.8 Å². The molecular weight excluding hydrogens is 253 g/mol. The Morgan fingerprint density at radius 1 is 1.55 bits per heavy atom. The van der Waals surface area contributed by atoms with Crippen molar-refractivity contribution in [3.05, 3.63) is 0 Å². The number of halogens is 1. The molecule has 0 fully saturated rings. The summed E-state index contributed by atoms with van der Waals surface area (Å²) >= 11 is 2.22. The summed E-state index contributed by atoms with van der Waals surface area (Å²) in [5, 5.41) is 0. The molecule has 0 heterocycles. The third-order valence-electron chi connectivity index (χ3n) is 2.18. The first kappa shape index (κ1) is 11.1. The van der Waals surface area contributed by atoms with Gasteiger partial charge in [0, 0.05) is 17.2 Å². The van der Waals surface area contributed by atoms with Crippen LogP contribution < -0.4 is 0 Å². The summed E-state index contributed by atoms with van der Waals surface area (Å²) in [5.41, 5.74) is 0.564. The molecule has 0 radical (unpaired) electrons. The first-order valence-electron chi connectivity index (χ1n) is 3.50. The molecule has 0 aliphatic carbocycles. The predicted molar refractivity (Wildman–Crippen MR) is 56.7 cm³/mol. The number of carbonyl (C=O) groups excluding carboxylic acids is 1. The normalized spacial score (nSPS) is 17.7. The van der Waals surface area contributed by atoms with Gasteiger partial charge in [-0.25, -0.2) is 0 Å². The summed E-state index contributed by atoms with van der Waals surface area (Å²) in [5.74, 6) is 0.190.